The van der Waals surface area contributed by atoms with Gasteiger partial charge in [0.15, 0.2) is 0 Å². The molecule has 2 N–H and O–H groups in total. The van der Waals surface area contributed by atoms with Gasteiger partial charge in [0.05, 0.1) is 5.02 Å². The number of halogens is 2. The van der Waals surface area contributed by atoms with Crippen molar-refractivity contribution >= 4 is 11.6 Å². The van der Waals surface area contributed by atoms with E-state index in [9.17, 15) is 4.39 Å². The molecule has 1 nitrogen and oxygen atoms in total. The maximum Gasteiger partial charge on any atom is 0.142 e. The third kappa shape index (κ3) is 2.74. The lowest BCUT2D eigenvalue weighted by Gasteiger charge is -2.33. The van der Waals surface area contributed by atoms with Crippen molar-refractivity contribution < 1.29 is 4.39 Å². The Labute approximate surface area is 102 Å². The number of hydrogen-bond acceptors (Lipinski definition) is 1. The molecule has 0 bridgehead atoms. The van der Waals surface area contributed by atoms with Gasteiger partial charge in [0.1, 0.15) is 5.82 Å². The summed E-state index contributed by atoms with van der Waals surface area (Å²) in [5, 5.41) is 0.200. The van der Waals surface area contributed by atoms with Crippen LogP contribution in [0.1, 0.15) is 32.8 Å². The van der Waals surface area contributed by atoms with E-state index in [1.807, 2.05) is 13.0 Å². The van der Waals surface area contributed by atoms with E-state index >= 15 is 0 Å². The van der Waals surface area contributed by atoms with Crippen molar-refractivity contribution in [3.05, 3.63) is 34.6 Å². The highest BCUT2D eigenvalue weighted by Crippen LogP contribution is 2.28. The Morgan fingerprint density at radius 2 is 2.06 bits per heavy atom. The third-order valence-corrected chi connectivity index (χ3v) is 3.78. The number of hydrogen-bond donors (Lipinski definition) is 1. The molecule has 0 heterocycles. The van der Waals surface area contributed by atoms with E-state index in [0.717, 1.165) is 12.0 Å². The van der Waals surface area contributed by atoms with E-state index in [2.05, 4.69) is 13.8 Å². The predicted molar refractivity (Wildman–Crippen MR) is 67.2 cm³/mol. The van der Waals surface area contributed by atoms with Crippen LogP contribution in [0.5, 0.6) is 0 Å². The molecule has 0 spiro atoms. The van der Waals surface area contributed by atoms with E-state index < -0.39 is 0 Å². The van der Waals surface area contributed by atoms with Crippen LogP contribution in [0, 0.1) is 11.7 Å². The highest BCUT2D eigenvalue weighted by atomic mass is 35.5. The summed E-state index contributed by atoms with van der Waals surface area (Å²) in [5.74, 6) is -0.0433. The second-order valence-electron chi connectivity index (χ2n) is 4.63. The number of rotatable bonds is 4. The number of nitrogens with two attached hydrogens (primary N) is 1. The molecule has 3 heteroatoms. The van der Waals surface area contributed by atoms with Crippen molar-refractivity contribution in [2.75, 3.05) is 0 Å². The van der Waals surface area contributed by atoms with Gasteiger partial charge in [-0.25, -0.2) is 4.39 Å². The SMILES string of the molecule is CCC(N)(Cc1cccc(F)c1Cl)C(C)C. The van der Waals surface area contributed by atoms with Gasteiger partial charge >= 0.3 is 0 Å². The summed E-state index contributed by atoms with van der Waals surface area (Å²) in [4.78, 5) is 0. The van der Waals surface area contributed by atoms with Gasteiger partial charge in [-0.05, 0) is 30.4 Å². The van der Waals surface area contributed by atoms with Gasteiger partial charge in [0, 0.05) is 5.54 Å². The third-order valence-electron chi connectivity index (χ3n) is 3.36. The predicted octanol–water partition coefficient (Wildman–Crippen LogP) is 3.79. The zero-order chi connectivity index (χ0) is 12.3. The molecule has 0 saturated heterocycles. The first-order valence-corrected chi connectivity index (χ1v) is 6.00. The average Bonchev–Trinajstić information content (AvgIpc) is 2.24. The van der Waals surface area contributed by atoms with Gasteiger partial charge in [-0.3, -0.25) is 0 Å². The van der Waals surface area contributed by atoms with Crippen LogP contribution in [0.25, 0.3) is 0 Å². The van der Waals surface area contributed by atoms with Gasteiger partial charge in [-0.15, -0.1) is 0 Å². The molecule has 0 amide bonds. The highest BCUT2D eigenvalue weighted by molar-refractivity contribution is 6.31. The molecular weight excluding hydrogens is 225 g/mol. The fraction of sp³-hybridized carbons (Fsp3) is 0.538. The Balaban J connectivity index is 2.99. The summed E-state index contributed by atoms with van der Waals surface area (Å²) in [6.45, 7) is 6.21. The van der Waals surface area contributed by atoms with Crippen LogP contribution in [0.2, 0.25) is 5.02 Å². The van der Waals surface area contributed by atoms with Crippen LogP contribution in [-0.4, -0.2) is 5.54 Å². The summed E-state index contributed by atoms with van der Waals surface area (Å²) < 4.78 is 13.3. The summed E-state index contributed by atoms with van der Waals surface area (Å²) in [6.07, 6.45) is 1.45. The largest absolute Gasteiger partial charge is 0.325 e. The van der Waals surface area contributed by atoms with Gasteiger partial charge in [-0.2, -0.15) is 0 Å². The maximum atomic E-state index is 13.3. The average molecular weight is 244 g/mol. The van der Waals surface area contributed by atoms with Crippen LogP contribution < -0.4 is 5.73 Å². The van der Waals surface area contributed by atoms with E-state index in [-0.39, 0.29) is 16.4 Å². The van der Waals surface area contributed by atoms with Crippen LogP contribution in [0.4, 0.5) is 4.39 Å². The Bertz CT molecular complexity index is 365. The molecule has 0 saturated carbocycles. The second-order valence-corrected chi connectivity index (χ2v) is 5.01. The lowest BCUT2D eigenvalue weighted by atomic mass is 9.80. The molecule has 0 fully saturated rings. The summed E-state index contributed by atoms with van der Waals surface area (Å²) in [6, 6.07) is 4.88. The minimum absolute atomic E-state index is 0.200. The Morgan fingerprint density at radius 1 is 1.44 bits per heavy atom. The first kappa shape index (κ1) is 13.5. The lowest BCUT2D eigenvalue weighted by Crippen LogP contribution is -2.46. The molecule has 0 aliphatic carbocycles. The summed E-state index contributed by atoms with van der Waals surface area (Å²) in [5.41, 5.74) is 6.78. The zero-order valence-corrected chi connectivity index (χ0v) is 10.8. The van der Waals surface area contributed by atoms with Gasteiger partial charge in [-0.1, -0.05) is 44.5 Å². The fourth-order valence-corrected chi connectivity index (χ4v) is 1.97. The molecule has 1 aromatic carbocycles. The molecular formula is C13H19ClFN. The van der Waals surface area contributed by atoms with Crippen LogP contribution in [-0.2, 0) is 6.42 Å². The highest BCUT2D eigenvalue weighted by Gasteiger charge is 2.28. The monoisotopic (exact) mass is 243 g/mol. The lowest BCUT2D eigenvalue weighted by molar-refractivity contribution is 0.296. The minimum Gasteiger partial charge on any atom is -0.325 e. The molecule has 1 aromatic rings. The normalized spacial score (nSPS) is 15.2. The molecule has 0 aliphatic heterocycles. The van der Waals surface area contributed by atoms with Crippen LogP contribution in [0.15, 0.2) is 18.2 Å². The zero-order valence-electron chi connectivity index (χ0n) is 10.1. The second kappa shape index (κ2) is 5.15. The first-order chi connectivity index (χ1) is 7.40. The minimum atomic E-state index is -0.374. The van der Waals surface area contributed by atoms with Crippen LogP contribution in [0.3, 0.4) is 0 Å². The first-order valence-electron chi connectivity index (χ1n) is 5.62. The van der Waals surface area contributed by atoms with Crippen LogP contribution >= 0.6 is 11.6 Å². The van der Waals surface area contributed by atoms with Gasteiger partial charge in [0.2, 0.25) is 0 Å². The molecule has 0 aromatic heterocycles. The Morgan fingerprint density at radius 3 is 2.56 bits per heavy atom. The topological polar surface area (TPSA) is 26.0 Å². The fourth-order valence-electron chi connectivity index (χ4n) is 1.78. The van der Waals surface area contributed by atoms with Crippen molar-refractivity contribution in [3.63, 3.8) is 0 Å². The van der Waals surface area contributed by atoms with E-state index in [0.29, 0.717) is 12.3 Å². The van der Waals surface area contributed by atoms with Crippen molar-refractivity contribution in [2.45, 2.75) is 39.2 Å². The van der Waals surface area contributed by atoms with Gasteiger partial charge < -0.3 is 5.73 Å². The van der Waals surface area contributed by atoms with E-state index in [1.54, 1.807) is 6.07 Å². The number of benzene rings is 1. The Hall–Kier alpha value is -0.600. The van der Waals surface area contributed by atoms with E-state index in [1.165, 1.54) is 6.07 Å². The molecule has 0 aliphatic rings. The smallest absolute Gasteiger partial charge is 0.142 e. The summed E-state index contributed by atoms with van der Waals surface area (Å²) in [7, 11) is 0. The molecule has 1 unspecified atom stereocenters. The quantitative estimate of drug-likeness (QED) is 0.856. The van der Waals surface area contributed by atoms with Crippen molar-refractivity contribution in [1.29, 1.82) is 0 Å². The Kier molecular flexibility index (Phi) is 4.34. The van der Waals surface area contributed by atoms with Crippen molar-refractivity contribution in [3.8, 4) is 0 Å². The standard InChI is InChI=1S/C13H19ClFN/c1-4-13(16,9(2)3)8-10-6-5-7-11(15)12(10)14/h5-7,9H,4,8,16H2,1-3H3. The molecule has 1 rings (SSSR count). The van der Waals surface area contributed by atoms with E-state index in [4.69, 9.17) is 17.3 Å². The van der Waals surface area contributed by atoms with Crippen molar-refractivity contribution in [2.24, 2.45) is 11.7 Å². The molecule has 1 atom stereocenters. The molecule has 16 heavy (non-hydrogen) atoms. The summed E-state index contributed by atoms with van der Waals surface area (Å²) >= 11 is 5.93. The van der Waals surface area contributed by atoms with Gasteiger partial charge in [0.25, 0.3) is 0 Å². The molecule has 90 valence electrons. The van der Waals surface area contributed by atoms with Crippen molar-refractivity contribution in [1.82, 2.24) is 0 Å². The molecule has 0 radical (unpaired) electrons. The maximum absolute atomic E-state index is 13.3.